The molecule has 0 aliphatic carbocycles. The van der Waals surface area contributed by atoms with Crippen molar-refractivity contribution in [2.45, 2.75) is 31.2 Å². The van der Waals surface area contributed by atoms with Gasteiger partial charge in [-0.2, -0.15) is 0 Å². The third-order valence-electron chi connectivity index (χ3n) is 3.49. The molecule has 0 fully saturated rings. The Morgan fingerprint density at radius 2 is 1.76 bits per heavy atom. The molecule has 1 atom stereocenters. The van der Waals surface area contributed by atoms with Crippen LogP contribution < -0.4 is 5.32 Å². The minimum atomic E-state index is -3.42. The highest BCUT2D eigenvalue weighted by atomic mass is 32.2. The maximum Gasteiger partial charge on any atom is 0.242 e. The van der Waals surface area contributed by atoms with E-state index in [1.54, 1.807) is 24.3 Å². The van der Waals surface area contributed by atoms with Crippen molar-refractivity contribution in [1.29, 1.82) is 0 Å². The van der Waals surface area contributed by atoms with Gasteiger partial charge in [-0.1, -0.05) is 26.0 Å². The summed E-state index contributed by atoms with van der Waals surface area (Å²) in [6, 6.07) is 6.66. The lowest BCUT2D eigenvalue weighted by molar-refractivity contribution is 0.171. The highest BCUT2D eigenvalue weighted by Gasteiger charge is 2.26. The predicted octanol–water partition coefficient (Wildman–Crippen LogP) is 1.39. The molecule has 1 aromatic carbocycles. The van der Waals surface area contributed by atoms with Crippen LogP contribution in [0.25, 0.3) is 0 Å². The van der Waals surface area contributed by atoms with Crippen LogP contribution in [0.15, 0.2) is 29.2 Å². The molecule has 6 heteroatoms. The lowest BCUT2D eigenvalue weighted by Gasteiger charge is -2.30. The molecule has 1 aromatic rings. The first-order valence-electron chi connectivity index (χ1n) is 7.02. The molecule has 21 heavy (non-hydrogen) atoms. The van der Waals surface area contributed by atoms with E-state index in [9.17, 15) is 13.5 Å². The molecular formula is C15H26N2O3S. The van der Waals surface area contributed by atoms with Gasteiger partial charge in [-0.3, -0.25) is 0 Å². The number of hydrogen-bond donors (Lipinski definition) is 2. The molecule has 0 bridgehead atoms. The third kappa shape index (κ3) is 4.26. The fourth-order valence-electron chi connectivity index (χ4n) is 1.88. The highest BCUT2D eigenvalue weighted by Crippen LogP contribution is 2.23. The molecule has 0 saturated carbocycles. The van der Waals surface area contributed by atoms with Crippen LogP contribution in [0.1, 0.15) is 26.3 Å². The minimum Gasteiger partial charge on any atom is -0.394 e. The standard InChI is InChI=1S/C15H26N2O3S/c1-12(2)10-16-15(3,11-18)13-6-8-14(9-7-13)21(19,20)17(4)5/h6-9,12,16,18H,10-11H2,1-5H3. The second-order valence-electron chi connectivity index (χ2n) is 6.08. The summed E-state index contributed by atoms with van der Waals surface area (Å²) >= 11 is 0. The fraction of sp³-hybridized carbons (Fsp3) is 0.600. The topological polar surface area (TPSA) is 69.6 Å². The van der Waals surface area contributed by atoms with Gasteiger partial charge in [0, 0.05) is 14.1 Å². The zero-order valence-electron chi connectivity index (χ0n) is 13.4. The molecule has 1 rings (SSSR count). The summed E-state index contributed by atoms with van der Waals surface area (Å²) in [6.45, 7) is 6.81. The number of benzene rings is 1. The van der Waals surface area contributed by atoms with Crippen LogP contribution in [-0.4, -0.2) is 45.1 Å². The Morgan fingerprint density at radius 1 is 1.24 bits per heavy atom. The van der Waals surface area contributed by atoms with Gasteiger partial charge in [-0.05, 0) is 37.1 Å². The van der Waals surface area contributed by atoms with Gasteiger partial charge in [-0.15, -0.1) is 0 Å². The van der Waals surface area contributed by atoms with E-state index in [2.05, 4.69) is 19.2 Å². The van der Waals surface area contributed by atoms with Gasteiger partial charge in [0.05, 0.1) is 17.0 Å². The van der Waals surface area contributed by atoms with Gasteiger partial charge in [-0.25, -0.2) is 12.7 Å². The van der Waals surface area contributed by atoms with Crippen molar-refractivity contribution < 1.29 is 13.5 Å². The SMILES string of the molecule is CC(C)CNC(C)(CO)c1ccc(S(=O)(=O)N(C)C)cc1. The lowest BCUT2D eigenvalue weighted by Crippen LogP contribution is -2.44. The molecule has 5 nitrogen and oxygen atoms in total. The van der Waals surface area contributed by atoms with Gasteiger partial charge in [0.25, 0.3) is 0 Å². The van der Waals surface area contributed by atoms with Gasteiger partial charge in [0.2, 0.25) is 10.0 Å². The van der Waals surface area contributed by atoms with E-state index in [1.165, 1.54) is 18.4 Å². The van der Waals surface area contributed by atoms with Crippen molar-refractivity contribution in [3.8, 4) is 0 Å². The molecule has 120 valence electrons. The number of aliphatic hydroxyl groups excluding tert-OH is 1. The second kappa shape index (κ2) is 6.87. The van der Waals surface area contributed by atoms with Crippen molar-refractivity contribution in [1.82, 2.24) is 9.62 Å². The Balaban J connectivity index is 3.05. The molecule has 0 amide bonds. The molecule has 0 heterocycles. The summed E-state index contributed by atoms with van der Waals surface area (Å²) in [5.41, 5.74) is 0.286. The minimum absolute atomic E-state index is 0.0561. The van der Waals surface area contributed by atoms with Gasteiger partial charge < -0.3 is 10.4 Å². The van der Waals surface area contributed by atoms with E-state index in [0.29, 0.717) is 5.92 Å². The maximum atomic E-state index is 12.0. The van der Waals surface area contributed by atoms with E-state index in [-0.39, 0.29) is 11.5 Å². The van der Waals surface area contributed by atoms with Gasteiger partial charge in [0.15, 0.2) is 0 Å². The zero-order valence-corrected chi connectivity index (χ0v) is 14.2. The molecule has 0 aliphatic heterocycles. The van der Waals surface area contributed by atoms with Crippen molar-refractivity contribution in [3.63, 3.8) is 0 Å². The van der Waals surface area contributed by atoms with Crippen LogP contribution in [0.3, 0.4) is 0 Å². The van der Waals surface area contributed by atoms with E-state index in [4.69, 9.17) is 0 Å². The third-order valence-corrected chi connectivity index (χ3v) is 5.32. The number of hydrogen-bond acceptors (Lipinski definition) is 4. The summed E-state index contributed by atoms with van der Waals surface area (Å²) in [5.74, 6) is 0.462. The van der Waals surface area contributed by atoms with E-state index in [0.717, 1.165) is 12.1 Å². The van der Waals surface area contributed by atoms with E-state index in [1.807, 2.05) is 6.92 Å². The van der Waals surface area contributed by atoms with E-state index < -0.39 is 15.6 Å². The van der Waals surface area contributed by atoms with E-state index >= 15 is 0 Å². The summed E-state index contributed by atoms with van der Waals surface area (Å²) in [5, 5.41) is 13.0. The van der Waals surface area contributed by atoms with Crippen molar-refractivity contribution in [2.75, 3.05) is 27.2 Å². The molecule has 0 saturated heterocycles. The van der Waals surface area contributed by atoms with Crippen LogP contribution in [0.5, 0.6) is 0 Å². The average Bonchev–Trinajstić information content (AvgIpc) is 2.44. The first-order chi connectivity index (χ1) is 9.63. The monoisotopic (exact) mass is 314 g/mol. The molecule has 1 unspecified atom stereocenters. The Labute approximate surface area is 128 Å². The van der Waals surface area contributed by atoms with Crippen molar-refractivity contribution in [2.24, 2.45) is 5.92 Å². The maximum absolute atomic E-state index is 12.0. The Kier molecular flexibility index (Phi) is 5.92. The molecule has 0 spiro atoms. The molecule has 0 radical (unpaired) electrons. The molecule has 0 aromatic heterocycles. The van der Waals surface area contributed by atoms with Crippen LogP contribution in [0, 0.1) is 5.92 Å². The first kappa shape index (κ1) is 18.1. The number of rotatable bonds is 7. The van der Waals surface area contributed by atoms with Gasteiger partial charge in [0.1, 0.15) is 0 Å². The number of aliphatic hydroxyl groups is 1. The van der Waals surface area contributed by atoms with Crippen molar-refractivity contribution in [3.05, 3.63) is 29.8 Å². The number of nitrogens with one attached hydrogen (secondary N) is 1. The van der Waals surface area contributed by atoms with Crippen LogP contribution in [0.2, 0.25) is 0 Å². The summed E-state index contributed by atoms with van der Waals surface area (Å²) < 4.78 is 25.3. The van der Waals surface area contributed by atoms with Crippen molar-refractivity contribution >= 4 is 10.0 Å². The lowest BCUT2D eigenvalue weighted by atomic mass is 9.92. The quantitative estimate of drug-likeness (QED) is 0.798. The summed E-state index contributed by atoms with van der Waals surface area (Å²) in [6.07, 6.45) is 0. The smallest absolute Gasteiger partial charge is 0.242 e. The van der Waals surface area contributed by atoms with Crippen LogP contribution >= 0.6 is 0 Å². The molecule has 2 N–H and O–H groups in total. The van der Waals surface area contributed by atoms with Crippen LogP contribution in [-0.2, 0) is 15.6 Å². The zero-order chi connectivity index (χ0) is 16.3. The number of nitrogens with zero attached hydrogens (tertiary/aromatic N) is 1. The van der Waals surface area contributed by atoms with Gasteiger partial charge >= 0.3 is 0 Å². The average molecular weight is 314 g/mol. The highest BCUT2D eigenvalue weighted by molar-refractivity contribution is 7.89. The normalized spacial score (nSPS) is 15.4. The predicted molar refractivity (Wildman–Crippen MR) is 84.6 cm³/mol. The summed E-state index contributed by atoms with van der Waals surface area (Å²) in [4.78, 5) is 0.250. The first-order valence-corrected chi connectivity index (χ1v) is 8.46. The molecular weight excluding hydrogens is 288 g/mol. The molecule has 0 aliphatic rings. The van der Waals surface area contributed by atoms with Crippen LogP contribution in [0.4, 0.5) is 0 Å². The largest absolute Gasteiger partial charge is 0.394 e. The Bertz CT molecular complexity index is 553. The Morgan fingerprint density at radius 3 is 2.14 bits per heavy atom. The summed E-state index contributed by atoms with van der Waals surface area (Å²) in [7, 11) is -0.411. The fourth-order valence-corrected chi connectivity index (χ4v) is 2.79. The Hall–Kier alpha value is -0.950. The second-order valence-corrected chi connectivity index (χ2v) is 8.23. The number of sulfonamides is 1.